The summed E-state index contributed by atoms with van der Waals surface area (Å²) < 4.78 is 23.4. The Kier molecular flexibility index (Phi) is 11.1. The normalized spacial score (nSPS) is 10.9. The molecule has 1 N–H and O–H groups in total. The van der Waals surface area contributed by atoms with Crippen molar-refractivity contribution < 1.29 is 33.6 Å². The molecule has 0 unspecified atom stereocenters. The molecule has 0 aliphatic heterocycles. The zero-order valence-electron chi connectivity index (χ0n) is 20.3. The molecule has 0 atom stereocenters. The number of unbranched alkanes of at least 4 members (excludes halogenated alkanes) is 2. The standard InChI is InChI=1S/C27H31NO7/c1-4-6-10-33-23-9-8-19(17-29)14-24(23)35-18-22-13-20(12-21(16-28)27(30)31)15-25(32-3)26(22)34-11-7-5-2/h8-9,12-15,17H,4-7,10-11,18H2,1-3H3,(H,30,31)/b21-12+. The van der Waals surface area contributed by atoms with Gasteiger partial charge in [0.15, 0.2) is 23.0 Å². The predicted octanol–water partition coefficient (Wildman–Crippen LogP) is 5.44. The maximum Gasteiger partial charge on any atom is 0.346 e. The van der Waals surface area contributed by atoms with Gasteiger partial charge >= 0.3 is 5.97 Å². The van der Waals surface area contributed by atoms with Gasteiger partial charge in [0.1, 0.15) is 24.5 Å². The van der Waals surface area contributed by atoms with Crippen molar-refractivity contribution in [1.82, 2.24) is 0 Å². The molecule has 0 spiro atoms. The van der Waals surface area contributed by atoms with E-state index in [-0.39, 0.29) is 6.61 Å². The number of carboxylic acid groups (broad SMARTS) is 1. The van der Waals surface area contributed by atoms with Gasteiger partial charge in [0.25, 0.3) is 0 Å². The number of nitrogens with zero attached hydrogens (tertiary/aromatic N) is 1. The average Bonchev–Trinajstić information content (AvgIpc) is 2.87. The van der Waals surface area contributed by atoms with Gasteiger partial charge in [-0.1, -0.05) is 26.7 Å². The first kappa shape index (κ1) is 27.3. The molecule has 0 aliphatic rings. The van der Waals surface area contributed by atoms with Crippen molar-refractivity contribution in [2.75, 3.05) is 20.3 Å². The van der Waals surface area contributed by atoms with Crippen molar-refractivity contribution >= 4 is 18.3 Å². The van der Waals surface area contributed by atoms with Crippen LogP contribution >= 0.6 is 0 Å². The van der Waals surface area contributed by atoms with Gasteiger partial charge in [-0.25, -0.2) is 4.79 Å². The van der Waals surface area contributed by atoms with Crippen LogP contribution in [-0.4, -0.2) is 37.7 Å². The smallest absolute Gasteiger partial charge is 0.346 e. The molecule has 2 rings (SSSR count). The van der Waals surface area contributed by atoms with Crippen LogP contribution in [0.15, 0.2) is 35.9 Å². The van der Waals surface area contributed by atoms with Crippen LogP contribution in [0.5, 0.6) is 23.0 Å². The van der Waals surface area contributed by atoms with E-state index in [1.165, 1.54) is 13.2 Å². The number of nitriles is 1. The van der Waals surface area contributed by atoms with Crippen LogP contribution in [-0.2, 0) is 11.4 Å². The van der Waals surface area contributed by atoms with Gasteiger partial charge in [-0.3, -0.25) is 4.79 Å². The second kappa shape index (κ2) is 14.3. The van der Waals surface area contributed by atoms with Crippen molar-refractivity contribution in [2.24, 2.45) is 0 Å². The lowest BCUT2D eigenvalue weighted by Gasteiger charge is -2.18. The minimum Gasteiger partial charge on any atom is -0.493 e. The summed E-state index contributed by atoms with van der Waals surface area (Å²) >= 11 is 0. The van der Waals surface area contributed by atoms with Crippen molar-refractivity contribution in [3.63, 3.8) is 0 Å². The highest BCUT2D eigenvalue weighted by Gasteiger charge is 2.17. The highest BCUT2D eigenvalue weighted by atomic mass is 16.5. The maximum absolute atomic E-state index is 11.3. The molecule has 0 heterocycles. The molecule has 0 aliphatic carbocycles. The monoisotopic (exact) mass is 481 g/mol. The highest BCUT2D eigenvalue weighted by molar-refractivity contribution is 5.96. The van der Waals surface area contributed by atoms with E-state index in [1.54, 1.807) is 36.4 Å². The Hall–Kier alpha value is -3.99. The number of carbonyl (C=O) groups excluding carboxylic acids is 1. The number of hydrogen-bond donors (Lipinski definition) is 1. The lowest BCUT2D eigenvalue weighted by molar-refractivity contribution is -0.132. The summed E-state index contributed by atoms with van der Waals surface area (Å²) in [4.78, 5) is 22.6. The van der Waals surface area contributed by atoms with Crippen molar-refractivity contribution in [2.45, 2.75) is 46.1 Å². The van der Waals surface area contributed by atoms with Gasteiger partial charge in [0.05, 0.1) is 20.3 Å². The van der Waals surface area contributed by atoms with Crippen LogP contribution in [0.1, 0.15) is 61.0 Å². The van der Waals surface area contributed by atoms with Crippen molar-refractivity contribution in [3.8, 4) is 29.1 Å². The molecule has 0 saturated heterocycles. The zero-order valence-corrected chi connectivity index (χ0v) is 20.3. The first-order valence-electron chi connectivity index (χ1n) is 11.5. The Bertz CT molecular complexity index is 1090. The molecule has 8 heteroatoms. The van der Waals surface area contributed by atoms with Crippen LogP contribution in [0.4, 0.5) is 0 Å². The van der Waals surface area contributed by atoms with E-state index in [4.69, 9.17) is 24.2 Å². The molecule has 0 bridgehead atoms. The SMILES string of the molecule is CCCCOc1ccc(C=O)cc1OCc1cc(/C=C(\C#N)C(=O)O)cc(OC)c1OCCCC. The van der Waals surface area contributed by atoms with Gasteiger partial charge in [0, 0.05) is 11.1 Å². The number of aldehydes is 1. The molecule has 2 aromatic rings. The summed E-state index contributed by atoms with van der Waals surface area (Å²) in [7, 11) is 1.48. The number of methoxy groups -OCH3 is 1. The number of ether oxygens (including phenoxy) is 4. The number of carbonyl (C=O) groups is 2. The van der Waals surface area contributed by atoms with E-state index < -0.39 is 11.5 Å². The quantitative estimate of drug-likeness (QED) is 0.155. The van der Waals surface area contributed by atoms with Gasteiger partial charge in [-0.2, -0.15) is 5.26 Å². The van der Waals surface area contributed by atoms with Gasteiger partial charge in [-0.15, -0.1) is 0 Å². The van der Waals surface area contributed by atoms with Crippen molar-refractivity contribution in [1.29, 1.82) is 5.26 Å². The molecule has 0 fully saturated rings. The average molecular weight is 482 g/mol. The fourth-order valence-electron chi connectivity index (χ4n) is 3.13. The van der Waals surface area contributed by atoms with Gasteiger partial charge in [0.2, 0.25) is 0 Å². The second-order valence-electron chi connectivity index (χ2n) is 7.70. The Morgan fingerprint density at radius 3 is 2.26 bits per heavy atom. The summed E-state index contributed by atoms with van der Waals surface area (Å²) in [5.74, 6) is 0.433. The van der Waals surface area contributed by atoms with Crippen molar-refractivity contribution in [3.05, 3.63) is 52.6 Å². The van der Waals surface area contributed by atoms with Crippen LogP contribution in [0.2, 0.25) is 0 Å². The molecule has 0 radical (unpaired) electrons. The lowest BCUT2D eigenvalue weighted by Crippen LogP contribution is -2.07. The molecule has 0 aromatic heterocycles. The third-order valence-electron chi connectivity index (χ3n) is 5.02. The molecule has 186 valence electrons. The maximum atomic E-state index is 11.3. The molecular weight excluding hydrogens is 450 g/mol. The van der Waals surface area contributed by atoms with E-state index in [9.17, 15) is 14.7 Å². The third kappa shape index (κ3) is 8.07. The fraction of sp³-hybridized carbons (Fsp3) is 0.370. The predicted molar refractivity (Wildman–Crippen MR) is 131 cm³/mol. The summed E-state index contributed by atoms with van der Waals surface area (Å²) in [6.07, 6.45) is 5.61. The minimum absolute atomic E-state index is 0.0287. The summed E-state index contributed by atoms with van der Waals surface area (Å²) in [6.45, 7) is 5.11. The van der Waals surface area contributed by atoms with Crippen LogP contribution < -0.4 is 18.9 Å². The molecule has 2 aromatic carbocycles. The van der Waals surface area contributed by atoms with Crippen LogP contribution in [0, 0.1) is 11.3 Å². The van der Waals surface area contributed by atoms with Gasteiger partial charge in [-0.05, 0) is 54.8 Å². The Morgan fingerprint density at radius 1 is 0.971 bits per heavy atom. The first-order valence-corrected chi connectivity index (χ1v) is 11.5. The lowest BCUT2D eigenvalue weighted by atomic mass is 10.1. The van der Waals surface area contributed by atoms with E-state index in [0.717, 1.165) is 32.0 Å². The summed E-state index contributed by atoms with van der Waals surface area (Å²) in [5.41, 5.74) is 1.06. The molecule has 0 amide bonds. The minimum atomic E-state index is -1.33. The summed E-state index contributed by atoms with van der Waals surface area (Å²) in [6, 6.07) is 9.92. The number of hydrogen-bond acceptors (Lipinski definition) is 7. The molecule has 35 heavy (non-hydrogen) atoms. The van der Waals surface area contributed by atoms with E-state index in [0.29, 0.717) is 52.9 Å². The van der Waals surface area contributed by atoms with Crippen LogP contribution in [0.3, 0.4) is 0 Å². The highest BCUT2D eigenvalue weighted by Crippen LogP contribution is 2.36. The van der Waals surface area contributed by atoms with E-state index in [2.05, 4.69) is 6.92 Å². The fourth-order valence-corrected chi connectivity index (χ4v) is 3.13. The zero-order chi connectivity index (χ0) is 25.6. The Labute approximate surface area is 205 Å². The first-order chi connectivity index (χ1) is 17.0. The van der Waals surface area contributed by atoms with E-state index >= 15 is 0 Å². The number of benzene rings is 2. The molecular formula is C27H31NO7. The topological polar surface area (TPSA) is 115 Å². The second-order valence-corrected chi connectivity index (χ2v) is 7.70. The summed E-state index contributed by atoms with van der Waals surface area (Å²) in [5, 5.41) is 18.4. The van der Waals surface area contributed by atoms with Crippen LogP contribution in [0.25, 0.3) is 6.08 Å². The number of carboxylic acids is 1. The van der Waals surface area contributed by atoms with E-state index in [1.807, 2.05) is 6.92 Å². The largest absolute Gasteiger partial charge is 0.493 e. The third-order valence-corrected chi connectivity index (χ3v) is 5.02. The Morgan fingerprint density at radius 2 is 1.66 bits per heavy atom. The Balaban J connectivity index is 2.46. The number of rotatable bonds is 15. The molecule has 0 saturated carbocycles. The van der Waals surface area contributed by atoms with Gasteiger partial charge < -0.3 is 24.1 Å². The number of aliphatic carboxylic acids is 1. The molecule has 8 nitrogen and oxygen atoms in total.